The zero-order valence-electron chi connectivity index (χ0n) is 13.8. The number of ether oxygens (including phenoxy) is 1. The molecule has 1 heterocycles. The van der Waals surface area contributed by atoms with E-state index in [0.717, 1.165) is 31.2 Å². The van der Waals surface area contributed by atoms with Gasteiger partial charge in [0.1, 0.15) is 5.75 Å². The molecule has 1 aromatic carbocycles. The Morgan fingerprint density at radius 3 is 2.86 bits per heavy atom. The summed E-state index contributed by atoms with van der Waals surface area (Å²) in [7, 11) is 1.76. The van der Waals surface area contributed by atoms with E-state index >= 15 is 0 Å². The molecule has 2 unspecified atom stereocenters. The molecule has 1 saturated heterocycles. The molecule has 118 valence electrons. The van der Waals surface area contributed by atoms with Gasteiger partial charge in [-0.15, -0.1) is 0 Å². The Hall–Kier alpha value is -1.06. The molecule has 1 N–H and O–H groups in total. The predicted molar refractivity (Wildman–Crippen MR) is 89.0 cm³/mol. The van der Waals surface area contributed by atoms with Gasteiger partial charge in [-0.05, 0) is 49.9 Å². The molecule has 1 aliphatic rings. The van der Waals surface area contributed by atoms with Crippen LogP contribution in [0.4, 0.5) is 0 Å². The Bertz CT molecular complexity index is 421. The Morgan fingerprint density at radius 2 is 2.14 bits per heavy atom. The molecule has 0 spiro atoms. The third kappa shape index (κ3) is 4.72. The summed E-state index contributed by atoms with van der Waals surface area (Å²) in [6.07, 6.45) is 3.57. The van der Waals surface area contributed by atoms with E-state index in [1.807, 2.05) is 6.07 Å². The lowest BCUT2D eigenvalue weighted by Crippen LogP contribution is -2.48. The van der Waals surface area contributed by atoms with Gasteiger partial charge in [0.25, 0.3) is 0 Å². The standard InChI is InChI=1S/C18H30N2O/c1-4-11-19-17-10-13-20(14-15(17)2)12-9-16-7-5-6-8-18(16)21-3/h5-8,15,17,19H,4,9-14H2,1-3H3. The minimum atomic E-state index is 0.701. The molecule has 0 aromatic heterocycles. The maximum Gasteiger partial charge on any atom is 0.122 e. The summed E-state index contributed by atoms with van der Waals surface area (Å²) in [5, 5.41) is 3.69. The number of benzene rings is 1. The minimum Gasteiger partial charge on any atom is -0.496 e. The van der Waals surface area contributed by atoms with Gasteiger partial charge < -0.3 is 15.0 Å². The number of hydrogen-bond acceptors (Lipinski definition) is 3. The summed E-state index contributed by atoms with van der Waals surface area (Å²) in [4.78, 5) is 2.60. The van der Waals surface area contributed by atoms with E-state index in [-0.39, 0.29) is 0 Å². The third-order valence-corrected chi connectivity index (χ3v) is 4.54. The highest BCUT2D eigenvalue weighted by Gasteiger charge is 2.25. The van der Waals surface area contributed by atoms with E-state index < -0.39 is 0 Å². The van der Waals surface area contributed by atoms with E-state index in [2.05, 4.69) is 42.3 Å². The largest absolute Gasteiger partial charge is 0.496 e. The fraction of sp³-hybridized carbons (Fsp3) is 0.667. The maximum absolute atomic E-state index is 5.44. The summed E-state index contributed by atoms with van der Waals surface area (Å²) < 4.78 is 5.44. The van der Waals surface area contributed by atoms with Gasteiger partial charge in [-0.2, -0.15) is 0 Å². The van der Waals surface area contributed by atoms with E-state index in [4.69, 9.17) is 4.74 Å². The quantitative estimate of drug-likeness (QED) is 0.835. The number of likely N-dealkylation sites (tertiary alicyclic amines) is 1. The van der Waals surface area contributed by atoms with Gasteiger partial charge in [0, 0.05) is 19.1 Å². The average Bonchev–Trinajstić information content (AvgIpc) is 2.52. The van der Waals surface area contributed by atoms with Crippen molar-refractivity contribution >= 4 is 0 Å². The second kappa shape index (κ2) is 8.40. The zero-order chi connectivity index (χ0) is 15.1. The number of rotatable bonds is 7. The summed E-state index contributed by atoms with van der Waals surface area (Å²) >= 11 is 0. The Balaban J connectivity index is 1.80. The van der Waals surface area contributed by atoms with Gasteiger partial charge in [0.05, 0.1) is 7.11 Å². The molecule has 1 aliphatic heterocycles. The zero-order valence-corrected chi connectivity index (χ0v) is 13.8. The van der Waals surface area contributed by atoms with Gasteiger partial charge in [0.15, 0.2) is 0 Å². The van der Waals surface area contributed by atoms with Gasteiger partial charge in [-0.1, -0.05) is 32.0 Å². The van der Waals surface area contributed by atoms with Crippen molar-refractivity contribution in [2.75, 3.05) is 33.3 Å². The second-order valence-corrected chi connectivity index (χ2v) is 6.19. The fourth-order valence-corrected chi connectivity index (χ4v) is 3.26. The Kier molecular flexibility index (Phi) is 6.52. The van der Waals surface area contributed by atoms with Crippen molar-refractivity contribution in [1.82, 2.24) is 10.2 Å². The molecule has 3 heteroatoms. The van der Waals surface area contributed by atoms with E-state index in [0.29, 0.717) is 6.04 Å². The summed E-state index contributed by atoms with van der Waals surface area (Å²) in [5.41, 5.74) is 1.32. The van der Waals surface area contributed by atoms with Crippen LogP contribution in [-0.4, -0.2) is 44.2 Å². The number of nitrogens with one attached hydrogen (secondary N) is 1. The van der Waals surface area contributed by atoms with Crippen molar-refractivity contribution < 1.29 is 4.74 Å². The van der Waals surface area contributed by atoms with Crippen LogP contribution in [0.5, 0.6) is 5.75 Å². The molecule has 3 nitrogen and oxygen atoms in total. The first-order chi connectivity index (χ1) is 10.2. The molecule has 2 atom stereocenters. The molecule has 0 radical (unpaired) electrons. The van der Waals surface area contributed by atoms with Crippen molar-refractivity contribution in [3.05, 3.63) is 29.8 Å². The number of nitrogens with zero attached hydrogens (tertiary/aromatic N) is 1. The molecule has 0 amide bonds. The fourth-order valence-electron chi connectivity index (χ4n) is 3.26. The molecule has 0 saturated carbocycles. The van der Waals surface area contributed by atoms with Crippen LogP contribution in [0.3, 0.4) is 0 Å². The first-order valence-corrected chi connectivity index (χ1v) is 8.32. The van der Waals surface area contributed by atoms with Gasteiger partial charge in [-0.25, -0.2) is 0 Å². The van der Waals surface area contributed by atoms with Gasteiger partial charge >= 0.3 is 0 Å². The van der Waals surface area contributed by atoms with Crippen LogP contribution in [0.2, 0.25) is 0 Å². The number of hydrogen-bond donors (Lipinski definition) is 1. The first kappa shape index (κ1) is 16.3. The van der Waals surface area contributed by atoms with Crippen LogP contribution >= 0.6 is 0 Å². The summed E-state index contributed by atoms with van der Waals surface area (Å²) in [6.45, 7) is 9.31. The Morgan fingerprint density at radius 1 is 1.33 bits per heavy atom. The van der Waals surface area contributed by atoms with Crippen LogP contribution in [0.15, 0.2) is 24.3 Å². The van der Waals surface area contributed by atoms with E-state index in [1.165, 1.54) is 31.5 Å². The highest BCUT2D eigenvalue weighted by atomic mass is 16.5. The lowest BCUT2D eigenvalue weighted by Gasteiger charge is -2.37. The lowest BCUT2D eigenvalue weighted by molar-refractivity contribution is 0.148. The SMILES string of the molecule is CCCNC1CCN(CCc2ccccc2OC)CC1C. The molecule has 1 fully saturated rings. The smallest absolute Gasteiger partial charge is 0.122 e. The van der Waals surface area contributed by atoms with Crippen molar-refractivity contribution in [2.24, 2.45) is 5.92 Å². The third-order valence-electron chi connectivity index (χ3n) is 4.54. The van der Waals surface area contributed by atoms with Crippen molar-refractivity contribution in [1.29, 1.82) is 0 Å². The monoisotopic (exact) mass is 290 g/mol. The maximum atomic E-state index is 5.44. The normalized spacial score (nSPS) is 23.2. The Labute approximate surface area is 129 Å². The van der Waals surface area contributed by atoms with Crippen molar-refractivity contribution in [3.63, 3.8) is 0 Å². The highest BCUT2D eigenvalue weighted by molar-refractivity contribution is 5.33. The molecule has 0 aliphatic carbocycles. The number of piperidine rings is 1. The molecule has 0 bridgehead atoms. The van der Waals surface area contributed by atoms with E-state index in [1.54, 1.807) is 7.11 Å². The van der Waals surface area contributed by atoms with Crippen molar-refractivity contribution in [2.45, 2.75) is 39.2 Å². The first-order valence-electron chi connectivity index (χ1n) is 8.32. The van der Waals surface area contributed by atoms with Crippen LogP contribution in [0, 0.1) is 5.92 Å². The molecular weight excluding hydrogens is 260 g/mol. The van der Waals surface area contributed by atoms with Crippen LogP contribution in [0.25, 0.3) is 0 Å². The lowest BCUT2D eigenvalue weighted by atomic mass is 9.93. The molecular formula is C18H30N2O. The molecule has 1 aromatic rings. The molecule has 21 heavy (non-hydrogen) atoms. The highest BCUT2D eigenvalue weighted by Crippen LogP contribution is 2.20. The van der Waals surface area contributed by atoms with Crippen LogP contribution in [-0.2, 0) is 6.42 Å². The van der Waals surface area contributed by atoms with Crippen molar-refractivity contribution in [3.8, 4) is 5.75 Å². The van der Waals surface area contributed by atoms with Gasteiger partial charge in [-0.3, -0.25) is 0 Å². The van der Waals surface area contributed by atoms with Gasteiger partial charge in [0.2, 0.25) is 0 Å². The summed E-state index contributed by atoms with van der Waals surface area (Å²) in [5.74, 6) is 1.76. The second-order valence-electron chi connectivity index (χ2n) is 6.19. The van der Waals surface area contributed by atoms with E-state index in [9.17, 15) is 0 Å². The average molecular weight is 290 g/mol. The molecule has 2 rings (SSSR count). The van der Waals surface area contributed by atoms with Crippen LogP contribution < -0.4 is 10.1 Å². The van der Waals surface area contributed by atoms with Crippen LogP contribution in [0.1, 0.15) is 32.3 Å². The number of methoxy groups -OCH3 is 1. The predicted octanol–water partition coefficient (Wildman–Crippen LogP) is 2.95. The minimum absolute atomic E-state index is 0.701. The number of para-hydroxylation sites is 1. The summed E-state index contributed by atoms with van der Waals surface area (Å²) in [6, 6.07) is 9.07. The topological polar surface area (TPSA) is 24.5 Å².